The Morgan fingerprint density at radius 1 is 1.42 bits per heavy atom. The number of hydrogen-bond donors (Lipinski definition) is 1. The first-order chi connectivity index (χ1) is 5.06. The predicted octanol–water partition coefficient (Wildman–Crippen LogP) is -2.82. The topological polar surface area (TPSA) is 69.2 Å². The van der Waals surface area contributed by atoms with E-state index >= 15 is 0 Å². The van der Waals surface area contributed by atoms with Gasteiger partial charge in [0.25, 0.3) is 0 Å². The molecule has 12 heavy (non-hydrogen) atoms. The first kappa shape index (κ1) is 15.7. The molecule has 4 nitrogen and oxygen atoms in total. The molecule has 0 spiro atoms. The summed E-state index contributed by atoms with van der Waals surface area (Å²) in [7, 11) is -1.76. The van der Waals surface area contributed by atoms with Crippen molar-refractivity contribution >= 4 is 19.9 Å². The molecule has 0 saturated heterocycles. The van der Waals surface area contributed by atoms with E-state index in [0.717, 1.165) is 19.4 Å². The zero-order chi connectivity index (χ0) is 8.74. The third-order valence-corrected chi connectivity index (χ3v) is 3.16. The molecule has 0 aliphatic carbocycles. The van der Waals surface area contributed by atoms with Crippen molar-refractivity contribution in [3.05, 3.63) is 0 Å². The van der Waals surface area contributed by atoms with Crippen molar-refractivity contribution < 1.29 is 42.5 Å². The summed E-state index contributed by atoms with van der Waals surface area (Å²) in [5.74, 6) is 0.396. The Kier molecular flexibility index (Phi) is 11.5. The molecule has 0 aromatic heterocycles. The molecule has 0 aromatic carbocycles. The summed E-state index contributed by atoms with van der Waals surface area (Å²) >= 11 is 0. The van der Waals surface area contributed by atoms with Crippen LogP contribution in [0.25, 0.3) is 0 Å². The van der Waals surface area contributed by atoms with Crippen LogP contribution in [0.3, 0.4) is 0 Å². The van der Waals surface area contributed by atoms with Crippen molar-refractivity contribution in [2.24, 2.45) is 0 Å². The molecule has 0 rings (SSSR count). The van der Waals surface area contributed by atoms with Crippen LogP contribution in [0.2, 0.25) is 0 Å². The van der Waals surface area contributed by atoms with Crippen molar-refractivity contribution in [3.8, 4) is 0 Å². The second-order valence-electron chi connectivity index (χ2n) is 2.04. The number of hydrogen-bond acceptors (Lipinski definition) is 5. The van der Waals surface area contributed by atoms with Gasteiger partial charge in [0.1, 0.15) is 9.15 Å². The average molecular weight is 221 g/mol. The third kappa shape index (κ3) is 13.8. The molecular formula is C5H12NNaO3S2. The molecule has 68 valence electrons. The molecule has 0 aromatic rings. The molecule has 0 aliphatic rings. The van der Waals surface area contributed by atoms with Crippen LogP contribution in [0, 0.1) is 0 Å². The van der Waals surface area contributed by atoms with Crippen molar-refractivity contribution in [3.63, 3.8) is 0 Å². The van der Waals surface area contributed by atoms with Crippen LogP contribution in [0.5, 0.6) is 0 Å². The summed E-state index contributed by atoms with van der Waals surface area (Å²) in [6, 6.07) is 0. The molecular weight excluding hydrogens is 209 g/mol. The Morgan fingerprint density at radius 3 is 2.42 bits per heavy atom. The molecule has 0 bridgehead atoms. The Hall–Kier alpha value is 1.22. The fourth-order valence-electron chi connectivity index (χ4n) is 0.565. The fourth-order valence-corrected chi connectivity index (χ4v) is 2.06. The minimum atomic E-state index is -4.07. The molecule has 0 unspecified atom stereocenters. The summed E-state index contributed by atoms with van der Waals surface area (Å²) in [6.45, 7) is 0.861. The first-order valence-electron chi connectivity index (χ1n) is 3.31. The molecule has 0 fully saturated rings. The number of rotatable bonds is 6. The molecule has 0 radical (unpaired) electrons. The van der Waals surface area contributed by atoms with E-state index in [1.807, 2.05) is 7.05 Å². The molecule has 7 heteroatoms. The van der Waals surface area contributed by atoms with Gasteiger partial charge in [-0.3, -0.25) is 0 Å². The van der Waals surface area contributed by atoms with Gasteiger partial charge in [-0.1, -0.05) is 0 Å². The average Bonchev–Trinajstić information content (AvgIpc) is 1.85. The second kappa shape index (κ2) is 8.80. The van der Waals surface area contributed by atoms with Crippen molar-refractivity contribution in [2.45, 2.75) is 12.8 Å². The van der Waals surface area contributed by atoms with Gasteiger partial charge in [0.05, 0.1) is 0 Å². The van der Waals surface area contributed by atoms with Crippen LogP contribution in [0.1, 0.15) is 12.8 Å². The maximum atomic E-state index is 10.1. The van der Waals surface area contributed by atoms with Gasteiger partial charge in [-0.2, -0.15) is 0 Å². The maximum Gasteiger partial charge on any atom is 1.00 e. The van der Waals surface area contributed by atoms with E-state index in [1.54, 1.807) is 0 Å². The van der Waals surface area contributed by atoms with E-state index in [2.05, 4.69) is 5.32 Å². The van der Waals surface area contributed by atoms with E-state index in [-0.39, 0.29) is 29.6 Å². The molecule has 0 heterocycles. The van der Waals surface area contributed by atoms with Gasteiger partial charge in [0.2, 0.25) is 0 Å². The maximum absolute atomic E-state index is 10.1. The van der Waals surface area contributed by atoms with Crippen LogP contribution in [0.4, 0.5) is 0 Å². The van der Waals surface area contributed by atoms with Gasteiger partial charge in [-0.25, -0.2) is 8.42 Å². The molecule has 0 saturated carbocycles. The van der Waals surface area contributed by atoms with E-state index in [4.69, 9.17) is 0 Å². The smallest absolute Gasteiger partial charge is 0.739 e. The summed E-state index contributed by atoms with van der Waals surface area (Å²) < 4.78 is 30.2. The van der Waals surface area contributed by atoms with E-state index < -0.39 is 9.15 Å². The number of nitrogens with one attached hydrogen (secondary N) is 1. The summed E-state index contributed by atoms with van der Waals surface area (Å²) in [4.78, 5) is 0. The van der Waals surface area contributed by atoms with Crippen molar-refractivity contribution in [1.82, 2.24) is 5.32 Å². The Balaban J connectivity index is 0. The van der Waals surface area contributed by atoms with Gasteiger partial charge >= 0.3 is 29.6 Å². The first-order valence-corrected chi connectivity index (χ1v) is 6.22. The van der Waals surface area contributed by atoms with Crippen LogP contribution in [0.15, 0.2) is 0 Å². The van der Waals surface area contributed by atoms with Gasteiger partial charge in [-0.05, 0) is 37.2 Å². The third-order valence-electron chi connectivity index (χ3n) is 1.05. The SMILES string of the molecule is CNCCCCSS(=O)(=O)[O-].[Na+]. The van der Waals surface area contributed by atoms with Gasteiger partial charge in [0, 0.05) is 5.75 Å². The van der Waals surface area contributed by atoms with Gasteiger partial charge in [-0.15, -0.1) is 0 Å². The minimum Gasteiger partial charge on any atom is -0.739 e. The van der Waals surface area contributed by atoms with Crippen LogP contribution >= 0.6 is 10.8 Å². The quantitative estimate of drug-likeness (QED) is 0.227. The molecule has 0 atom stereocenters. The summed E-state index contributed by atoms with van der Waals surface area (Å²) in [5.41, 5.74) is 0. The predicted molar refractivity (Wildman–Crippen MR) is 45.3 cm³/mol. The monoisotopic (exact) mass is 221 g/mol. The van der Waals surface area contributed by atoms with E-state index in [9.17, 15) is 13.0 Å². The van der Waals surface area contributed by atoms with Gasteiger partial charge < -0.3 is 9.87 Å². The number of unbranched alkanes of at least 4 members (excludes halogenated alkanes) is 1. The van der Waals surface area contributed by atoms with E-state index in [0.29, 0.717) is 16.5 Å². The van der Waals surface area contributed by atoms with Crippen LogP contribution in [-0.2, 0) is 9.15 Å². The fraction of sp³-hybridized carbons (Fsp3) is 1.00. The Bertz CT molecular complexity index is 183. The van der Waals surface area contributed by atoms with E-state index in [1.165, 1.54) is 0 Å². The molecule has 0 aliphatic heterocycles. The standard InChI is InChI=1S/C5H13NO3S2.Na/c1-6-4-2-3-5-10-11(7,8)9;/h6H,2-5H2,1H3,(H,7,8,9);/q;+1/p-1. The van der Waals surface area contributed by atoms with Crippen LogP contribution < -0.4 is 34.9 Å². The Labute approximate surface area is 99.3 Å². The molecule has 1 N–H and O–H groups in total. The summed E-state index contributed by atoms with van der Waals surface area (Å²) in [6.07, 6.45) is 1.66. The zero-order valence-electron chi connectivity index (χ0n) is 7.37. The Morgan fingerprint density at radius 2 is 2.00 bits per heavy atom. The normalized spacial score (nSPS) is 10.8. The zero-order valence-corrected chi connectivity index (χ0v) is 11.0. The van der Waals surface area contributed by atoms with Crippen molar-refractivity contribution in [2.75, 3.05) is 19.3 Å². The van der Waals surface area contributed by atoms with Crippen LogP contribution in [-0.4, -0.2) is 32.3 Å². The minimum absolute atomic E-state index is 0. The second-order valence-corrected chi connectivity index (χ2v) is 5.43. The van der Waals surface area contributed by atoms with Crippen molar-refractivity contribution in [1.29, 1.82) is 0 Å². The molecule has 0 amide bonds. The largest absolute Gasteiger partial charge is 1.00 e. The summed E-state index contributed by atoms with van der Waals surface area (Å²) in [5, 5.41) is 2.93. The van der Waals surface area contributed by atoms with Gasteiger partial charge in [0.15, 0.2) is 0 Å².